The van der Waals surface area contributed by atoms with Gasteiger partial charge in [-0.15, -0.1) is 0 Å². The predicted molar refractivity (Wildman–Crippen MR) is 136 cm³/mol. The molecule has 0 aliphatic rings. The van der Waals surface area contributed by atoms with Gasteiger partial charge in [-0.1, -0.05) is 18.2 Å². The first kappa shape index (κ1) is 23.8. The van der Waals surface area contributed by atoms with Crippen LogP contribution in [0.2, 0.25) is 0 Å². The molecule has 4 rings (SSSR count). The molecule has 0 saturated carbocycles. The Morgan fingerprint density at radius 2 is 1.60 bits per heavy atom. The van der Waals surface area contributed by atoms with Crippen LogP contribution in [0.15, 0.2) is 72.8 Å². The zero-order chi connectivity index (χ0) is 25.2. The van der Waals surface area contributed by atoms with Crippen LogP contribution in [0.4, 0.5) is 26.2 Å². The minimum Gasteiger partial charge on any atom is -0.444 e. The van der Waals surface area contributed by atoms with Crippen LogP contribution in [-0.4, -0.2) is 22.2 Å². The van der Waals surface area contributed by atoms with E-state index in [1.807, 2.05) is 6.07 Å². The molecule has 8 heteroatoms. The van der Waals surface area contributed by atoms with Gasteiger partial charge in [-0.2, -0.15) is 0 Å². The summed E-state index contributed by atoms with van der Waals surface area (Å²) in [5.74, 6) is -0.701. The number of nitrogens with one attached hydrogen (secondary N) is 2. The van der Waals surface area contributed by atoms with Gasteiger partial charge in [-0.3, -0.25) is 10.1 Å². The smallest absolute Gasteiger partial charge is 0.412 e. The van der Waals surface area contributed by atoms with E-state index in [0.29, 0.717) is 28.3 Å². The number of amides is 2. The Labute approximate surface area is 202 Å². The summed E-state index contributed by atoms with van der Waals surface area (Å²) in [7, 11) is 0. The molecule has 0 spiro atoms. The number of ether oxygens (including phenoxy) is 1. The topological polar surface area (TPSA) is 98.4 Å². The first-order valence-electron chi connectivity index (χ1n) is 11.1. The van der Waals surface area contributed by atoms with Crippen molar-refractivity contribution < 1.29 is 18.7 Å². The Morgan fingerprint density at radius 1 is 0.943 bits per heavy atom. The summed E-state index contributed by atoms with van der Waals surface area (Å²) >= 11 is 0. The maximum atomic E-state index is 14.4. The van der Waals surface area contributed by atoms with Crippen molar-refractivity contribution in [3.63, 3.8) is 0 Å². The number of aromatic nitrogens is 1. The van der Waals surface area contributed by atoms with E-state index >= 15 is 0 Å². The largest absolute Gasteiger partial charge is 0.444 e. The number of carbonyl (C=O) groups is 2. The average Bonchev–Trinajstić information content (AvgIpc) is 3.13. The Balaban J connectivity index is 1.57. The van der Waals surface area contributed by atoms with E-state index in [2.05, 4.69) is 10.6 Å². The number of hydrogen-bond acceptors (Lipinski definition) is 4. The molecule has 4 aromatic rings. The van der Waals surface area contributed by atoms with E-state index in [4.69, 9.17) is 10.5 Å². The standard InChI is InChI=1S/C27H27FN4O3/c1-27(2,3)35-26(34)31-21-11-9-20(10-12-21)30-25(33)24-15-18-14-19(29)8-13-23(18)32(24)16-17-6-4-5-7-22(17)28/h4-15H,16,29H2,1-3H3,(H,30,33)(H,31,34). The van der Waals surface area contributed by atoms with Crippen molar-refractivity contribution in [3.8, 4) is 0 Å². The molecule has 0 atom stereocenters. The lowest BCUT2D eigenvalue weighted by atomic mass is 10.2. The molecular weight excluding hydrogens is 447 g/mol. The second-order valence-electron chi connectivity index (χ2n) is 9.18. The second-order valence-corrected chi connectivity index (χ2v) is 9.18. The number of rotatable bonds is 5. The van der Waals surface area contributed by atoms with Crippen LogP contribution >= 0.6 is 0 Å². The second kappa shape index (κ2) is 9.50. The van der Waals surface area contributed by atoms with Gasteiger partial charge in [0.15, 0.2) is 0 Å². The van der Waals surface area contributed by atoms with Gasteiger partial charge in [0.05, 0.1) is 6.54 Å². The zero-order valence-electron chi connectivity index (χ0n) is 19.8. The average molecular weight is 475 g/mol. The first-order valence-corrected chi connectivity index (χ1v) is 11.1. The van der Waals surface area contributed by atoms with E-state index in [-0.39, 0.29) is 18.3 Å². The number of benzene rings is 3. The molecule has 3 aromatic carbocycles. The highest BCUT2D eigenvalue weighted by molar-refractivity contribution is 6.06. The fraction of sp³-hybridized carbons (Fsp3) is 0.185. The van der Waals surface area contributed by atoms with Crippen LogP contribution in [-0.2, 0) is 11.3 Å². The third-order valence-corrected chi connectivity index (χ3v) is 5.23. The fourth-order valence-electron chi connectivity index (χ4n) is 3.70. The highest BCUT2D eigenvalue weighted by Gasteiger charge is 2.18. The zero-order valence-corrected chi connectivity index (χ0v) is 19.8. The Kier molecular flexibility index (Phi) is 6.46. The van der Waals surface area contributed by atoms with Crippen LogP contribution in [0.3, 0.4) is 0 Å². The number of nitrogens with zero attached hydrogens (tertiary/aromatic N) is 1. The summed E-state index contributed by atoms with van der Waals surface area (Å²) < 4.78 is 21.4. The first-order chi connectivity index (χ1) is 16.6. The van der Waals surface area contributed by atoms with Crippen molar-refractivity contribution in [3.05, 3.63) is 89.9 Å². The normalized spacial score (nSPS) is 11.3. The number of nitrogens with two attached hydrogens (primary N) is 1. The van der Waals surface area contributed by atoms with Crippen molar-refractivity contribution in [1.82, 2.24) is 4.57 Å². The SMILES string of the molecule is CC(C)(C)OC(=O)Nc1ccc(NC(=O)c2cc3cc(N)ccc3n2Cc2ccccc2F)cc1. The summed E-state index contributed by atoms with van der Waals surface area (Å²) in [4.78, 5) is 25.2. The van der Waals surface area contributed by atoms with E-state index < -0.39 is 11.7 Å². The van der Waals surface area contributed by atoms with Crippen molar-refractivity contribution in [1.29, 1.82) is 0 Å². The molecule has 0 unspecified atom stereocenters. The van der Waals surface area contributed by atoms with E-state index in [9.17, 15) is 14.0 Å². The predicted octanol–water partition coefficient (Wildman–Crippen LogP) is 6.01. The Bertz CT molecular complexity index is 1390. The molecule has 0 aliphatic carbocycles. The van der Waals surface area contributed by atoms with Crippen LogP contribution in [0.1, 0.15) is 36.8 Å². The molecule has 4 N–H and O–H groups in total. The van der Waals surface area contributed by atoms with Crippen LogP contribution in [0, 0.1) is 5.82 Å². The number of hydrogen-bond donors (Lipinski definition) is 3. The summed E-state index contributed by atoms with van der Waals surface area (Å²) in [6.45, 7) is 5.53. The molecule has 0 fully saturated rings. The number of fused-ring (bicyclic) bond motifs is 1. The third kappa shape index (κ3) is 5.78. The molecule has 35 heavy (non-hydrogen) atoms. The Hall–Kier alpha value is -4.33. The number of nitrogen functional groups attached to an aromatic ring is 1. The molecule has 0 aliphatic heterocycles. The molecule has 1 aromatic heterocycles. The number of anilines is 3. The molecular formula is C27H27FN4O3. The monoisotopic (exact) mass is 474 g/mol. The van der Waals surface area contributed by atoms with Gasteiger partial charge >= 0.3 is 6.09 Å². The summed E-state index contributed by atoms with van der Waals surface area (Å²) in [6.07, 6.45) is -0.564. The van der Waals surface area contributed by atoms with Crippen molar-refractivity contribution in [2.24, 2.45) is 0 Å². The molecule has 0 saturated heterocycles. The summed E-state index contributed by atoms with van der Waals surface area (Å²) in [5, 5.41) is 6.30. The summed E-state index contributed by atoms with van der Waals surface area (Å²) in [5.41, 5.74) is 8.56. The van der Waals surface area contributed by atoms with Crippen LogP contribution in [0.25, 0.3) is 10.9 Å². The lowest BCUT2D eigenvalue weighted by Crippen LogP contribution is -2.27. The van der Waals surface area contributed by atoms with Crippen molar-refractivity contribution in [2.45, 2.75) is 32.9 Å². The maximum absolute atomic E-state index is 14.4. The van der Waals surface area contributed by atoms with Gasteiger partial charge in [-0.25, -0.2) is 9.18 Å². The lowest BCUT2D eigenvalue weighted by molar-refractivity contribution is 0.0635. The highest BCUT2D eigenvalue weighted by Crippen LogP contribution is 2.25. The van der Waals surface area contributed by atoms with Gasteiger partial charge in [0, 0.05) is 33.5 Å². The van der Waals surface area contributed by atoms with E-state index in [1.54, 1.807) is 86.0 Å². The minimum atomic E-state index is -0.607. The molecule has 0 bridgehead atoms. The third-order valence-electron chi connectivity index (χ3n) is 5.23. The molecule has 7 nitrogen and oxygen atoms in total. The highest BCUT2D eigenvalue weighted by atomic mass is 19.1. The van der Waals surface area contributed by atoms with Crippen LogP contribution < -0.4 is 16.4 Å². The van der Waals surface area contributed by atoms with E-state index in [0.717, 1.165) is 10.9 Å². The maximum Gasteiger partial charge on any atom is 0.412 e. The van der Waals surface area contributed by atoms with Crippen molar-refractivity contribution in [2.75, 3.05) is 16.4 Å². The van der Waals surface area contributed by atoms with Gasteiger partial charge in [0.1, 0.15) is 17.1 Å². The van der Waals surface area contributed by atoms with Gasteiger partial charge in [0.25, 0.3) is 5.91 Å². The minimum absolute atomic E-state index is 0.182. The summed E-state index contributed by atoms with van der Waals surface area (Å²) in [6, 6.07) is 20.2. The van der Waals surface area contributed by atoms with Gasteiger partial charge < -0.3 is 20.4 Å². The van der Waals surface area contributed by atoms with Gasteiger partial charge in [0.2, 0.25) is 0 Å². The Morgan fingerprint density at radius 3 is 2.26 bits per heavy atom. The molecule has 0 radical (unpaired) electrons. The lowest BCUT2D eigenvalue weighted by Gasteiger charge is -2.19. The van der Waals surface area contributed by atoms with Crippen LogP contribution in [0.5, 0.6) is 0 Å². The molecule has 2 amide bonds. The fourth-order valence-corrected chi connectivity index (χ4v) is 3.70. The molecule has 1 heterocycles. The van der Waals surface area contributed by atoms with E-state index in [1.165, 1.54) is 6.07 Å². The van der Waals surface area contributed by atoms with Crippen molar-refractivity contribution >= 4 is 40.0 Å². The quantitative estimate of drug-likeness (QED) is 0.309. The molecule has 180 valence electrons. The van der Waals surface area contributed by atoms with Gasteiger partial charge in [-0.05, 0) is 75.4 Å². The number of carbonyl (C=O) groups excluding carboxylic acids is 2. The number of halogens is 1.